The van der Waals surface area contributed by atoms with Crippen molar-refractivity contribution < 1.29 is 4.79 Å². The standard InChI is InChI=1S/C16H17BrN2O/c17-13-8-6-11(7-9-13)10-14-16(20)19-15(18-14)12-4-2-1-3-5-12/h6-10,12H,1-5H2,(H,18,19,20)/b14-10+. The van der Waals surface area contributed by atoms with Crippen LogP contribution in [0.2, 0.25) is 0 Å². The number of amidine groups is 1. The summed E-state index contributed by atoms with van der Waals surface area (Å²) in [5, 5.41) is 2.94. The van der Waals surface area contributed by atoms with Crippen LogP contribution in [-0.4, -0.2) is 11.7 Å². The zero-order valence-electron chi connectivity index (χ0n) is 11.2. The third kappa shape index (κ3) is 3.01. The third-order valence-corrected chi connectivity index (χ3v) is 4.41. The molecule has 0 aromatic heterocycles. The molecule has 0 radical (unpaired) electrons. The minimum Gasteiger partial charge on any atom is -0.308 e. The summed E-state index contributed by atoms with van der Waals surface area (Å²) >= 11 is 3.40. The Bertz CT molecular complexity index is 569. The largest absolute Gasteiger partial charge is 0.308 e. The molecular weight excluding hydrogens is 316 g/mol. The number of aliphatic imine (C=N–C) groups is 1. The average molecular weight is 333 g/mol. The van der Waals surface area contributed by atoms with E-state index in [0.29, 0.717) is 11.6 Å². The highest BCUT2D eigenvalue weighted by Gasteiger charge is 2.27. The molecule has 1 aromatic carbocycles. The van der Waals surface area contributed by atoms with Crippen molar-refractivity contribution in [2.75, 3.05) is 0 Å². The number of hydrogen-bond donors (Lipinski definition) is 1. The van der Waals surface area contributed by atoms with Gasteiger partial charge < -0.3 is 5.32 Å². The first-order valence-electron chi connectivity index (χ1n) is 7.09. The Kier molecular flexibility index (Phi) is 4.01. The molecule has 0 atom stereocenters. The van der Waals surface area contributed by atoms with Gasteiger partial charge in [-0.25, -0.2) is 4.99 Å². The highest BCUT2D eigenvalue weighted by molar-refractivity contribution is 9.10. The number of carbonyl (C=O) groups is 1. The highest BCUT2D eigenvalue weighted by atomic mass is 79.9. The number of amides is 1. The number of halogens is 1. The molecule has 1 N–H and O–H groups in total. The van der Waals surface area contributed by atoms with E-state index in [2.05, 4.69) is 26.2 Å². The Morgan fingerprint density at radius 3 is 2.55 bits per heavy atom. The lowest BCUT2D eigenvalue weighted by atomic mass is 9.88. The quantitative estimate of drug-likeness (QED) is 0.820. The predicted molar refractivity (Wildman–Crippen MR) is 84.3 cm³/mol. The maximum atomic E-state index is 12.0. The van der Waals surface area contributed by atoms with Gasteiger partial charge in [-0.05, 0) is 36.6 Å². The zero-order valence-corrected chi connectivity index (χ0v) is 12.8. The second kappa shape index (κ2) is 5.92. The fourth-order valence-corrected chi connectivity index (χ4v) is 3.04. The zero-order chi connectivity index (χ0) is 13.9. The molecule has 0 bridgehead atoms. The van der Waals surface area contributed by atoms with Crippen molar-refractivity contribution in [2.24, 2.45) is 10.9 Å². The summed E-state index contributed by atoms with van der Waals surface area (Å²) < 4.78 is 1.03. The summed E-state index contributed by atoms with van der Waals surface area (Å²) in [6.45, 7) is 0. The maximum absolute atomic E-state index is 12.0. The maximum Gasteiger partial charge on any atom is 0.275 e. The fraction of sp³-hybridized carbons (Fsp3) is 0.375. The van der Waals surface area contributed by atoms with Crippen molar-refractivity contribution in [1.82, 2.24) is 5.32 Å². The summed E-state index contributed by atoms with van der Waals surface area (Å²) in [5.74, 6) is 1.23. The smallest absolute Gasteiger partial charge is 0.275 e. The van der Waals surface area contributed by atoms with Gasteiger partial charge in [-0.2, -0.15) is 0 Å². The first kappa shape index (κ1) is 13.6. The number of carbonyl (C=O) groups excluding carboxylic acids is 1. The second-order valence-corrected chi connectivity index (χ2v) is 6.28. The van der Waals surface area contributed by atoms with Crippen LogP contribution in [0.4, 0.5) is 0 Å². The molecule has 20 heavy (non-hydrogen) atoms. The van der Waals surface area contributed by atoms with Gasteiger partial charge in [-0.15, -0.1) is 0 Å². The molecule has 1 aliphatic heterocycles. The van der Waals surface area contributed by atoms with Gasteiger partial charge in [-0.3, -0.25) is 4.79 Å². The SMILES string of the molecule is O=C1NC(C2CCCCC2)=N/C1=C/c1ccc(Br)cc1. The Labute approximate surface area is 127 Å². The molecule has 3 rings (SSSR count). The van der Waals surface area contributed by atoms with Crippen molar-refractivity contribution in [3.05, 3.63) is 40.0 Å². The van der Waals surface area contributed by atoms with Gasteiger partial charge in [0.05, 0.1) is 0 Å². The molecule has 0 spiro atoms. The molecule has 1 aromatic rings. The van der Waals surface area contributed by atoms with Crippen molar-refractivity contribution in [1.29, 1.82) is 0 Å². The van der Waals surface area contributed by atoms with E-state index in [9.17, 15) is 4.79 Å². The van der Waals surface area contributed by atoms with E-state index in [1.807, 2.05) is 30.3 Å². The van der Waals surface area contributed by atoms with Crippen LogP contribution in [0, 0.1) is 5.92 Å². The van der Waals surface area contributed by atoms with E-state index in [4.69, 9.17) is 0 Å². The molecule has 3 nitrogen and oxygen atoms in total. The molecule has 0 saturated heterocycles. The van der Waals surface area contributed by atoms with Crippen LogP contribution < -0.4 is 5.32 Å². The average Bonchev–Trinajstić information content (AvgIpc) is 2.84. The molecule has 1 amide bonds. The van der Waals surface area contributed by atoms with E-state index in [0.717, 1.165) is 28.7 Å². The van der Waals surface area contributed by atoms with Crippen LogP contribution >= 0.6 is 15.9 Å². The van der Waals surface area contributed by atoms with E-state index in [1.54, 1.807) is 0 Å². The van der Waals surface area contributed by atoms with Gasteiger partial charge in [0.2, 0.25) is 0 Å². The number of hydrogen-bond acceptors (Lipinski definition) is 2. The van der Waals surface area contributed by atoms with Gasteiger partial charge in [-0.1, -0.05) is 47.3 Å². The molecule has 4 heteroatoms. The molecule has 1 aliphatic carbocycles. The molecule has 104 valence electrons. The van der Waals surface area contributed by atoms with Crippen molar-refractivity contribution in [3.63, 3.8) is 0 Å². The fourth-order valence-electron chi connectivity index (χ4n) is 2.77. The first-order chi connectivity index (χ1) is 9.72. The van der Waals surface area contributed by atoms with E-state index < -0.39 is 0 Å². The lowest BCUT2D eigenvalue weighted by molar-refractivity contribution is -0.115. The second-order valence-electron chi connectivity index (χ2n) is 5.37. The summed E-state index contributed by atoms with van der Waals surface area (Å²) in [6, 6.07) is 7.87. The lowest BCUT2D eigenvalue weighted by Crippen LogP contribution is -2.31. The highest BCUT2D eigenvalue weighted by Crippen LogP contribution is 2.27. The Morgan fingerprint density at radius 2 is 1.85 bits per heavy atom. The van der Waals surface area contributed by atoms with Crippen molar-refractivity contribution in [2.45, 2.75) is 32.1 Å². The van der Waals surface area contributed by atoms with Crippen LogP contribution in [-0.2, 0) is 4.79 Å². The Morgan fingerprint density at radius 1 is 1.15 bits per heavy atom. The van der Waals surface area contributed by atoms with Crippen LogP contribution in [0.1, 0.15) is 37.7 Å². The molecule has 1 heterocycles. The van der Waals surface area contributed by atoms with E-state index >= 15 is 0 Å². The Hall–Kier alpha value is -1.42. The number of nitrogens with one attached hydrogen (secondary N) is 1. The minimum absolute atomic E-state index is 0.0755. The van der Waals surface area contributed by atoms with Gasteiger partial charge in [0, 0.05) is 10.4 Å². The van der Waals surface area contributed by atoms with E-state index in [1.165, 1.54) is 19.3 Å². The molecule has 2 aliphatic rings. The number of nitrogens with zero attached hydrogens (tertiary/aromatic N) is 1. The molecular formula is C16H17BrN2O. The van der Waals surface area contributed by atoms with Crippen LogP contribution in [0.3, 0.4) is 0 Å². The Balaban J connectivity index is 1.80. The third-order valence-electron chi connectivity index (χ3n) is 3.88. The first-order valence-corrected chi connectivity index (χ1v) is 7.89. The summed E-state index contributed by atoms with van der Waals surface area (Å²) in [6.07, 6.45) is 7.92. The monoisotopic (exact) mass is 332 g/mol. The summed E-state index contributed by atoms with van der Waals surface area (Å²) in [4.78, 5) is 16.5. The summed E-state index contributed by atoms with van der Waals surface area (Å²) in [5.41, 5.74) is 1.51. The molecule has 0 unspecified atom stereocenters. The normalized spacial score (nSPS) is 21.9. The topological polar surface area (TPSA) is 41.5 Å². The van der Waals surface area contributed by atoms with E-state index in [-0.39, 0.29) is 5.91 Å². The van der Waals surface area contributed by atoms with Crippen LogP contribution in [0.25, 0.3) is 6.08 Å². The van der Waals surface area contributed by atoms with Crippen molar-refractivity contribution >= 4 is 33.7 Å². The van der Waals surface area contributed by atoms with Crippen LogP contribution in [0.5, 0.6) is 0 Å². The summed E-state index contributed by atoms with van der Waals surface area (Å²) in [7, 11) is 0. The molecule has 1 fully saturated rings. The van der Waals surface area contributed by atoms with Crippen molar-refractivity contribution in [3.8, 4) is 0 Å². The van der Waals surface area contributed by atoms with Gasteiger partial charge in [0.1, 0.15) is 11.5 Å². The predicted octanol–water partition coefficient (Wildman–Crippen LogP) is 3.90. The lowest BCUT2D eigenvalue weighted by Gasteiger charge is -2.20. The number of benzene rings is 1. The molecule has 1 saturated carbocycles. The number of rotatable bonds is 2. The van der Waals surface area contributed by atoms with Gasteiger partial charge in [0.25, 0.3) is 5.91 Å². The minimum atomic E-state index is -0.0755. The van der Waals surface area contributed by atoms with Gasteiger partial charge in [0.15, 0.2) is 0 Å². The van der Waals surface area contributed by atoms with Crippen LogP contribution in [0.15, 0.2) is 39.4 Å². The van der Waals surface area contributed by atoms with Gasteiger partial charge >= 0.3 is 0 Å².